The number of rotatable bonds is 6. The second kappa shape index (κ2) is 9.07. The molecule has 2 rings (SSSR count). The first-order chi connectivity index (χ1) is 13.1. The molecule has 0 aliphatic rings. The normalized spacial score (nSPS) is 12.4. The van der Waals surface area contributed by atoms with E-state index >= 15 is 0 Å². The Kier molecular flexibility index (Phi) is 7.04. The molecule has 146 valence electrons. The average Bonchev–Trinajstić information content (AvgIpc) is 2.63. The molecule has 28 heavy (non-hydrogen) atoms. The number of carbonyl (C=O) groups excluding carboxylic acids is 1. The predicted octanol–water partition coefficient (Wildman–Crippen LogP) is 6.87. The van der Waals surface area contributed by atoms with Gasteiger partial charge in [0.25, 0.3) is 0 Å². The summed E-state index contributed by atoms with van der Waals surface area (Å²) in [6.07, 6.45) is 3.71. The summed E-state index contributed by atoms with van der Waals surface area (Å²) < 4.78 is 0. The highest BCUT2D eigenvalue weighted by Crippen LogP contribution is 2.38. The van der Waals surface area contributed by atoms with E-state index in [0.29, 0.717) is 10.7 Å². The molecule has 0 saturated carbocycles. The van der Waals surface area contributed by atoms with Gasteiger partial charge in [-0.25, -0.2) is 0 Å². The van der Waals surface area contributed by atoms with Crippen molar-refractivity contribution in [2.45, 2.75) is 34.6 Å². The highest BCUT2D eigenvalue weighted by atomic mass is 35.5. The Balaban J connectivity index is 2.72. The summed E-state index contributed by atoms with van der Waals surface area (Å²) in [5.74, 6) is 0.191. The zero-order valence-electron chi connectivity index (χ0n) is 17.3. The molecule has 0 unspecified atom stereocenters. The molecule has 3 heteroatoms. The van der Waals surface area contributed by atoms with Crippen molar-refractivity contribution in [2.75, 3.05) is 5.73 Å². The van der Waals surface area contributed by atoms with Crippen LogP contribution in [-0.4, -0.2) is 5.78 Å². The summed E-state index contributed by atoms with van der Waals surface area (Å²) >= 11 is 6.36. The Morgan fingerprint density at radius 1 is 1.14 bits per heavy atom. The first-order valence-corrected chi connectivity index (χ1v) is 9.78. The van der Waals surface area contributed by atoms with Crippen molar-refractivity contribution < 1.29 is 4.79 Å². The Hall–Kier alpha value is -2.58. The summed E-state index contributed by atoms with van der Waals surface area (Å²) in [5, 5.41) is 0.490. The van der Waals surface area contributed by atoms with Crippen LogP contribution in [0.3, 0.4) is 0 Å². The van der Waals surface area contributed by atoms with Crippen LogP contribution in [0.5, 0.6) is 0 Å². The van der Waals surface area contributed by atoms with Crippen LogP contribution < -0.4 is 5.73 Å². The van der Waals surface area contributed by atoms with Gasteiger partial charge in [-0.15, -0.1) is 0 Å². The summed E-state index contributed by atoms with van der Waals surface area (Å²) in [6.45, 7) is 14.1. The number of hydrogen-bond acceptors (Lipinski definition) is 2. The first kappa shape index (κ1) is 21.7. The Morgan fingerprint density at radius 2 is 1.75 bits per heavy atom. The smallest absolute Gasteiger partial charge is 0.152 e. The van der Waals surface area contributed by atoms with Crippen LogP contribution in [0.2, 0.25) is 5.02 Å². The van der Waals surface area contributed by atoms with Gasteiger partial charge in [-0.3, -0.25) is 4.79 Å². The summed E-state index contributed by atoms with van der Waals surface area (Å²) in [4.78, 5) is 11.8. The fraction of sp³-hybridized carbons (Fsp3) is 0.240. The summed E-state index contributed by atoms with van der Waals surface area (Å²) in [5.41, 5.74) is 13.5. The highest BCUT2D eigenvalue weighted by molar-refractivity contribution is 6.33. The lowest BCUT2D eigenvalue weighted by Gasteiger charge is -2.21. The zero-order chi connectivity index (χ0) is 21.0. The van der Waals surface area contributed by atoms with Crippen LogP contribution in [0.15, 0.2) is 60.7 Å². The summed E-state index contributed by atoms with van der Waals surface area (Å²) in [7, 11) is 0. The van der Waals surface area contributed by atoms with Crippen molar-refractivity contribution >= 4 is 34.2 Å². The molecule has 0 saturated heterocycles. The minimum absolute atomic E-state index is 0.0175. The van der Waals surface area contributed by atoms with Gasteiger partial charge in [0.2, 0.25) is 0 Å². The topological polar surface area (TPSA) is 43.1 Å². The van der Waals surface area contributed by atoms with E-state index in [9.17, 15) is 4.79 Å². The SMILES string of the molecule is C=C(c1ccc(C)cc1)c1cc(Cl)c(N)cc1C(=C/C)/C(=C\C(C)=O)C(C)C. The molecule has 2 aromatic carbocycles. The molecular weight excluding hydrogens is 366 g/mol. The van der Waals surface area contributed by atoms with Crippen LogP contribution >= 0.6 is 11.6 Å². The van der Waals surface area contributed by atoms with Crippen molar-refractivity contribution in [1.29, 1.82) is 0 Å². The molecule has 0 aromatic heterocycles. The lowest BCUT2D eigenvalue weighted by atomic mass is 9.84. The van der Waals surface area contributed by atoms with E-state index in [1.165, 1.54) is 5.56 Å². The van der Waals surface area contributed by atoms with E-state index in [-0.39, 0.29) is 11.7 Å². The van der Waals surface area contributed by atoms with Gasteiger partial charge in [0.15, 0.2) is 5.78 Å². The molecule has 0 spiro atoms. The quantitative estimate of drug-likeness (QED) is 0.330. The molecule has 0 aliphatic carbocycles. The molecule has 0 radical (unpaired) electrons. The van der Waals surface area contributed by atoms with E-state index in [4.69, 9.17) is 17.3 Å². The van der Waals surface area contributed by atoms with Gasteiger partial charge < -0.3 is 5.73 Å². The number of nitrogen functional groups attached to an aromatic ring is 1. The molecule has 2 aromatic rings. The second-order valence-electron chi connectivity index (χ2n) is 7.33. The molecule has 0 amide bonds. The van der Waals surface area contributed by atoms with Crippen molar-refractivity contribution in [3.8, 4) is 0 Å². The number of carbonyl (C=O) groups is 1. The number of allylic oxidation sites excluding steroid dienone is 4. The van der Waals surface area contributed by atoms with Gasteiger partial charge in [0, 0.05) is 0 Å². The molecule has 0 fully saturated rings. The van der Waals surface area contributed by atoms with Crippen molar-refractivity contribution in [3.63, 3.8) is 0 Å². The van der Waals surface area contributed by atoms with Gasteiger partial charge in [-0.05, 0) is 78.3 Å². The summed E-state index contributed by atoms with van der Waals surface area (Å²) in [6, 6.07) is 12.0. The van der Waals surface area contributed by atoms with Gasteiger partial charge in [0.1, 0.15) is 0 Å². The molecule has 0 atom stereocenters. The Labute approximate surface area is 173 Å². The van der Waals surface area contributed by atoms with Crippen molar-refractivity contribution in [3.05, 3.63) is 88.0 Å². The number of ketones is 1. The van der Waals surface area contributed by atoms with Crippen LogP contribution in [0, 0.1) is 12.8 Å². The van der Waals surface area contributed by atoms with Crippen LogP contribution in [0.4, 0.5) is 5.69 Å². The predicted molar refractivity (Wildman–Crippen MR) is 122 cm³/mol. The fourth-order valence-electron chi connectivity index (χ4n) is 3.22. The highest BCUT2D eigenvalue weighted by Gasteiger charge is 2.19. The van der Waals surface area contributed by atoms with Crippen molar-refractivity contribution in [1.82, 2.24) is 0 Å². The monoisotopic (exact) mass is 393 g/mol. The molecule has 0 aliphatic heterocycles. The second-order valence-corrected chi connectivity index (χ2v) is 7.74. The number of benzene rings is 2. The number of anilines is 1. The first-order valence-electron chi connectivity index (χ1n) is 9.40. The molecule has 2 N–H and O–H groups in total. The van der Waals surface area contributed by atoms with E-state index in [0.717, 1.165) is 33.4 Å². The largest absolute Gasteiger partial charge is 0.398 e. The number of hydrogen-bond donors (Lipinski definition) is 1. The van der Waals surface area contributed by atoms with Gasteiger partial charge in [-0.1, -0.05) is 67.9 Å². The third kappa shape index (κ3) is 4.82. The Morgan fingerprint density at radius 3 is 2.25 bits per heavy atom. The van der Waals surface area contributed by atoms with E-state index in [1.807, 2.05) is 25.1 Å². The van der Waals surface area contributed by atoms with Crippen LogP contribution in [-0.2, 0) is 4.79 Å². The van der Waals surface area contributed by atoms with E-state index in [2.05, 4.69) is 51.6 Å². The zero-order valence-corrected chi connectivity index (χ0v) is 18.0. The molecule has 0 heterocycles. The third-order valence-corrected chi connectivity index (χ3v) is 5.06. The lowest BCUT2D eigenvalue weighted by molar-refractivity contribution is -0.112. The van der Waals surface area contributed by atoms with Crippen LogP contribution in [0.1, 0.15) is 49.9 Å². The maximum absolute atomic E-state index is 11.8. The average molecular weight is 394 g/mol. The standard InChI is InChI=1S/C25H28ClNO/c1-7-20(21(15(2)3)12-17(5)28)23-14-25(27)24(26)13-22(23)18(6)19-10-8-16(4)9-11-19/h7-15H,6,27H2,1-5H3/b20-7+,21-12-. The third-order valence-electron chi connectivity index (χ3n) is 4.73. The maximum Gasteiger partial charge on any atom is 0.152 e. The molecule has 2 nitrogen and oxygen atoms in total. The number of halogens is 1. The maximum atomic E-state index is 11.8. The van der Waals surface area contributed by atoms with E-state index in [1.54, 1.807) is 13.0 Å². The van der Waals surface area contributed by atoms with Gasteiger partial charge >= 0.3 is 0 Å². The number of aryl methyl sites for hydroxylation is 1. The fourth-order valence-corrected chi connectivity index (χ4v) is 3.39. The van der Waals surface area contributed by atoms with Crippen molar-refractivity contribution in [2.24, 2.45) is 5.92 Å². The van der Waals surface area contributed by atoms with E-state index < -0.39 is 0 Å². The van der Waals surface area contributed by atoms with Gasteiger partial charge in [-0.2, -0.15) is 0 Å². The molecule has 0 bridgehead atoms. The lowest BCUT2D eigenvalue weighted by Crippen LogP contribution is -2.05. The van der Waals surface area contributed by atoms with Gasteiger partial charge in [0.05, 0.1) is 10.7 Å². The minimum Gasteiger partial charge on any atom is -0.398 e. The molecular formula is C25H28ClNO. The Bertz CT molecular complexity index is 963. The minimum atomic E-state index is 0.0175. The van der Waals surface area contributed by atoms with Crippen LogP contribution in [0.25, 0.3) is 11.1 Å². The number of nitrogens with two attached hydrogens (primary N) is 1.